The van der Waals surface area contributed by atoms with Gasteiger partial charge in [-0.2, -0.15) is 0 Å². The highest BCUT2D eigenvalue weighted by atomic mass is 16.6. The van der Waals surface area contributed by atoms with E-state index in [1.165, 1.54) is 6.07 Å². The predicted octanol–water partition coefficient (Wildman–Crippen LogP) is 2.64. The molecule has 2 rings (SSSR count). The van der Waals surface area contributed by atoms with E-state index in [0.717, 1.165) is 23.2 Å². The van der Waals surface area contributed by atoms with Gasteiger partial charge in [0.15, 0.2) is 0 Å². The Labute approximate surface area is 118 Å². The maximum absolute atomic E-state index is 11.0. The van der Waals surface area contributed by atoms with Crippen LogP contribution in [0.2, 0.25) is 0 Å². The van der Waals surface area contributed by atoms with Crippen LogP contribution in [0.15, 0.2) is 36.5 Å². The zero-order valence-electron chi connectivity index (χ0n) is 11.7. The van der Waals surface area contributed by atoms with Crippen LogP contribution in [0.25, 0.3) is 0 Å². The molecule has 0 amide bonds. The van der Waals surface area contributed by atoms with Crippen molar-refractivity contribution < 1.29 is 4.92 Å². The van der Waals surface area contributed by atoms with Gasteiger partial charge < -0.3 is 10.3 Å². The number of hydrogen-bond donors (Lipinski definition) is 1. The molecule has 1 unspecified atom stereocenters. The average Bonchev–Trinajstić information content (AvgIpc) is 2.78. The molecule has 2 N–H and O–H groups in total. The minimum absolute atomic E-state index is 0.0925. The van der Waals surface area contributed by atoms with Crippen LogP contribution >= 0.6 is 0 Å². The van der Waals surface area contributed by atoms with E-state index in [-0.39, 0.29) is 16.7 Å². The predicted molar refractivity (Wildman–Crippen MR) is 78.7 cm³/mol. The normalized spacial score (nSPS) is 12.3. The number of rotatable bonds is 5. The Balaban J connectivity index is 2.29. The van der Waals surface area contributed by atoms with Gasteiger partial charge in [-0.1, -0.05) is 12.1 Å². The second kappa shape index (κ2) is 5.88. The Morgan fingerprint density at radius 2 is 2.10 bits per heavy atom. The molecule has 5 heteroatoms. The molecule has 1 atom stereocenters. The van der Waals surface area contributed by atoms with Gasteiger partial charge in [0.1, 0.15) is 0 Å². The first kappa shape index (κ1) is 14.3. The standard InChI is InChI=1S/C15H19N3O2/c1-11(16)9-14-6-4-8-17(14)10-13-5-3-7-15(12(13)2)18(19)20/h3-8,11H,9-10,16H2,1-2H3. The summed E-state index contributed by atoms with van der Waals surface area (Å²) in [5.41, 5.74) is 8.83. The highest BCUT2D eigenvalue weighted by Crippen LogP contribution is 2.22. The molecule has 0 aliphatic carbocycles. The third kappa shape index (κ3) is 3.05. The maximum Gasteiger partial charge on any atom is 0.272 e. The number of nitro benzene ring substituents is 1. The van der Waals surface area contributed by atoms with Gasteiger partial charge >= 0.3 is 0 Å². The second-order valence-electron chi connectivity index (χ2n) is 5.13. The van der Waals surface area contributed by atoms with Crippen LogP contribution in [-0.2, 0) is 13.0 Å². The fraction of sp³-hybridized carbons (Fsp3) is 0.333. The molecule has 0 bridgehead atoms. The van der Waals surface area contributed by atoms with Gasteiger partial charge in [0.2, 0.25) is 0 Å². The fourth-order valence-corrected chi connectivity index (χ4v) is 2.34. The van der Waals surface area contributed by atoms with Crippen molar-refractivity contribution in [1.29, 1.82) is 0 Å². The summed E-state index contributed by atoms with van der Waals surface area (Å²) in [7, 11) is 0. The van der Waals surface area contributed by atoms with Gasteiger partial charge in [0, 0.05) is 42.5 Å². The second-order valence-corrected chi connectivity index (χ2v) is 5.13. The number of benzene rings is 1. The zero-order chi connectivity index (χ0) is 14.7. The summed E-state index contributed by atoms with van der Waals surface area (Å²) >= 11 is 0. The van der Waals surface area contributed by atoms with Gasteiger partial charge in [-0.25, -0.2) is 0 Å². The molecule has 0 aliphatic heterocycles. The van der Waals surface area contributed by atoms with E-state index in [1.54, 1.807) is 13.0 Å². The zero-order valence-corrected chi connectivity index (χ0v) is 11.7. The smallest absolute Gasteiger partial charge is 0.272 e. The molecule has 0 saturated carbocycles. The largest absolute Gasteiger partial charge is 0.347 e. The summed E-state index contributed by atoms with van der Waals surface area (Å²) in [5.74, 6) is 0. The van der Waals surface area contributed by atoms with Gasteiger partial charge in [0.05, 0.1) is 4.92 Å². The summed E-state index contributed by atoms with van der Waals surface area (Å²) < 4.78 is 2.09. The molecule has 0 fully saturated rings. The molecule has 106 valence electrons. The van der Waals surface area contributed by atoms with E-state index in [4.69, 9.17) is 5.73 Å². The van der Waals surface area contributed by atoms with Crippen molar-refractivity contribution in [2.45, 2.75) is 32.9 Å². The number of nitrogens with two attached hydrogens (primary N) is 1. The quantitative estimate of drug-likeness (QED) is 0.672. The van der Waals surface area contributed by atoms with E-state index in [9.17, 15) is 10.1 Å². The minimum atomic E-state index is -0.336. The van der Waals surface area contributed by atoms with Crippen LogP contribution in [0.1, 0.15) is 23.7 Å². The van der Waals surface area contributed by atoms with Crippen LogP contribution in [-0.4, -0.2) is 15.5 Å². The third-order valence-corrected chi connectivity index (χ3v) is 3.41. The monoisotopic (exact) mass is 273 g/mol. The molecule has 0 radical (unpaired) electrons. The van der Waals surface area contributed by atoms with E-state index in [1.807, 2.05) is 31.3 Å². The van der Waals surface area contributed by atoms with Gasteiger partial charge in [-0.3, -0.25) is 10.1 Å². The lowest BCUT2D eigenvalue weighted by atomic mass is 10.1. The summed E-state index contributed by atoms with van der Waals surface area (Å²) in [5, 5.41) is 11.0. The highest BCUT2D eigenvalue weighted by molar-refractivity contribution is 5.44. The third-order valence-electron chi connectivity index (χ3n) is 3.41. The van der Waals surface area contributed by atoms with Crippen molar-refractivity contribution in [3.63, 3.8) is 0 Å². The molecule has 5 nitrogen and oxygen atoms in total. The minimum Gasteiger partial charge on any atom is -0.347 e. The highest BCUT2D eigenvalue weighted by Gasteiger charge is 2.14. The Morgan fingerprint density at radius 3 is 2.75 bits per heavy atom. The molecular formula is C15H19N3O2. The molecule has 1 heterocycles. The molecule has 1 aromatic heterocycles. The van der Waals surface area contributed by atoms with E-state index in [0.29, 0.717) is 6.54 Å². The van der Waals surface area contributed by atoms with Crippen molar-refractivity contribution in [3.8, 4) is 0 Å². The van der Waals surface area contributed by atoms with Gasteiger partial charge in [-0.05, 0) is 31.5 Å². The lowest BCUT2D eigenvalue weighted by Crippen LogP contribution is -2.20. The average molecular weight is 273 g/mol. The van der Waals surface area contributed by atoms with Crippen molar-refractivity contribution in [2.24, 2.45) is 5.73 Å². The molecular weight excluding hydrogens is 254 g/mol. The summed E-state index contributed by atoms with van der Waals surface area (Å²) in [6, 6.07) is 9.31. The lowest BCUT2D eigenvalue weighted by Gasteiger charge is -2.13. The molecule has 20 heavy (non-hydrogen) atoms. The van der Waals surface area contributed by atoms with Crippen molar-refractivity contribution in [1.82, 2.24) is 4.57 Å². The van der Waals surface area contributed by atoms with Gasteiger partial charge in [0.25, 0.3) is 5.69 Å². The Kier molecular flexibility index (Phi) is 4.20. The first-order chi connectivity index (χ1) is 9.49. The number of nitrogens with zero attached hydrogens (tertiary/aromatic N) is 2. The van der Waals surface area contributed by atoms with Crippen LogP contribution < -0.4 is 5.73 Å². The van der Waals surface area contributed by atoms with Crippen LogP contribution in [0.3, 0.4) is 0 Å². The number of hydrogen-bond acceptors (Lipinski definition) is 3. The van der Waals surface area contributed by atoms with E-state index < -0.39 is 0 Å². The maximum atomic E-state index is 11.0. The molecule has 0 saturated heterocycles. The number of nitro groups is 1. The Morgan fingerprint density at radius 1 is 1.35 bits per heavy atom. The first-order valence-electron chi connectivity index (χ1n) is 6.61. The Hall–Kier alpha value is -2.14. The summed E-state index contributed by atoms with van der Waals surface area (Å²) in [6.07, 6.45) is 2.77. The molecule has 0 aliphatic rings. The van der Waals surface area contributed by atoms with Crippen molar-refractivity contribution >= 4 is 5.69 Å². The lowest BCUT2D eigenvalue weighted by molar-refractivity contribution is -0.385. The topological polar surface area (TPSA) is 74.1 Å². The van der Waals surface area contributed by atoms with Gasteiger partial charge in [-0.15, -0.1) is 0 Å². The van der Waals surface area contributed by atoms with E-state index in [2.05, 4.69) is 4.57 Å². The molecule has 2 aromatic rings. The Bertz CT molecular complexity index is 617. The molecule has 0 spiro atoms. The molecule has 1 aromatic carbocycles. The van der Waals surface area contributed by atoms with Crippen LogP contribution in [0.5, 0.6) is 0 Å². The first-order valence-corrected chi connectivity index (χ1v) is 6.61. The van der Waals surface area contributed by atoms with Crippen LogP contribution in [0.4, 0.5) is 5.69 Å². The van der Waals surface area contributed by atoms with Crippen molar-refractivity contribution in [3.05, 3.63) is 63.5 Å². The van der Waals surface area contributed by atoms with Crippen LogP contribution in [0, 0.1) is 17.0 Å². The van der Waals surface area contributed by atoms with Crippen molar-refractivity contribution in [2.75, 3.05) is 0 Å². The number of aromatic nitrogens is 1. The summed E-state index contributed by atoms with van der Waals surface area (Å²) in [6.45, 7) is 4.39. The SMILES string of the molecule is Cc1c(Cn2cccc2CC(C)N)cccc1[N+](=O)[O-]. The summed E-state index contributed by atoms with van der Waals surface area (Å²) in [4.78, 5) is 10.6. The fourth-order valence-electron chi connectivity index (χ4n) is 2.34. The van der Waals surface area contributed by atoms with E-state index >= 15 is 0 Å².